The molecule has 3 heterocycles. The van der Waals surface area contributed by atoms with Crippen LogP contribution in [-0.4, -0.2) is 33.3 Å². The van der Waals surface area contributed by atoms with Crippen molar-refractivity contribution in [2.45, 2.75) is 19.8 Å². The summed E-state index contributed by atoms with van der Waals surface area (Å²) in [6.07, 6.45) is 7.72. The van der Waals surface area contributed by atoms with Gasteiger partial charge in [-0.15, -0.1) is 0 Å². The van der Waals surface area contributed by atoms with Gasteiger partial charge in [0.25, 0.3) is 0 Å². The predicted octanol–water partition coefficient (Wildman–Crippen LogP) is 1.33. The Kier molecular flexibility index (Phi) is 3.06. The first-order valence-electron chi connectivity index (χ1n) is 6.35. The van der Waals surface area contributed by atoms with Gasteiger partial charge < -0.3 is 5.32 Å². The molecule has 0 spiro atoms. The van der Waals surface area contributed by atoms with Gasteiger partial charge in [-0.2, -0.15) is 5.10 Å². The minimum absolute atomic E-state index is 0.694. The molecule has 0 unspecified atom stereocenters. The van der Waals surface area contributed by atoms with Crippen LogP contribution in [0.5, 0.6) is 0 Å². The molecular weight excluding hydrogens is 226 g/mol. The van der Waals surface area contributed by atoms with E-state index in [2.05, 4.69) is 25.5 Å². The Morgan fingerprint density at radius 2 is 2.28 bits per heavy atom. The number of rotatable bonds is 3. The van der Waals surface area contributed by atoms with Gasteiger partial charge >= 0.3 is 0 Å². The average molecular weight is 243 g/mol. The van der Waals surface area contributed by atoms with E-state index in [4.69, 9.17) is 0 Å². The zero-order valence-corrected chi connectivity index (χ0v) is 10.5. The largest absolute Gasteiger partial charge is 0.316 e. The van der Waals surface area contributed by atoms with Crippen LogP contribution < -0.4 is 5.32 Å². The van der Waals surface area contributed by atoms with E-state index in [0.717, 1.165) is 42.2 Å². The summed E-state index contributed by atoms with van der Waals surface area (Å²) in [6, 6.07) is 0. The molecular formula is C13H17N5. The molecule has 0 aliphatic carbocycles. The Morgan fingerprint density at radius 1 is 1.33 bits per heavy atom. The Hall–Kier alpha value is -1.75. The second-order valence-corrected chi connectivity index (χ2v) is 4.87. The van der Waals surface area contributed by atoms with Crippen LogP contribution >= 0.6 is 0 Å². The van der Waals surface area contributed by atoms with Crippen LogP contribution in [0, 0.1) is 12.8 Å². The second-order valence-electron chi connectivity index (χ2n) is 4.87. The molecule has 5 heteroatoms. The fourth-order valence-electron chi connectivity index (χ4n) is 2.43. The van der Waals surface area contributed by atoms with E-state index in [9.17, 15) is 0 Å². The van der Waals surface area contributed by atoms with E-state index in [1.54, 1.807) is 12.4 Å². The topological polar surface area (TPSA) is 66.5 Å². The lowest BCUT2D eigenvalue weighted by Gasteiger charge is -2.08. The Morgan fingerprint density at radius 3 is 3.00 bits per heavy atom. The molecule has 2 aromatic heterocycles. The highest BCUT2D eigenvalue weighted by Gasteiger charge is 2.16. The van der Waals surface area contributed by atoms with Gasteiger partial charge in [0, 0.05) is 17.5 Å². The van der Waals surface area contributed by atoms with E-state index in [1.165, 1.54) is 6.42 Å². The van der Waals surface area contributed by atoms with Gasteiger partial charge in [-0.05, 0) is 38.8 Å². The van der Waals surface area contributed by atoms with Crippen LogP contribution in [0.3, 0.4) is 0 Å². The zero-order chi connectivity index (χ0) is 12.4. The van der Waals surface area contributed by atoms with E-state index < -0.39 is 0 Å². The van der Waals surface area contributed by atoms with Crippen LogP contribution in [-0.2, 0) is 6.42 Å². The van der Waals surface area contributed by atoms with Crippen molar-refractivity contribution in [2.75, 3.05) is 13.1 Å². The van der Waals surface area contributed by atoms with Crippen LogP contribution in [0.4, 0.5) is 0 Å². The van der Waals surface area contributed by atoms with Gasteiger partial charge in [-0.1, -0.05) is 0 Å². The fourth-order valence-corrected chi connectivity index (χ4v) is 2.43. The molecule has 0 bridgehead atoms. The van der Waals surface area contributed by atoms with Gasteiger partial charge in [0.1, 0.15) is 0 Å². The fraction of sp³-hybridized carbons (Fsp3) is 0.462. The number of nitrogens with zero attached hydrogens (tertiary/aromatic N) is 3. The first kappa shape index (κ1) is 11.3. The van der Waals surface area contributed by atoms with Crippen molar-refractivity contribution < 1.29 is 0 Å². The summed E-state index contributed by atoms with van der Waals surface area (Å²) < 4.78 is 0. The molecule has 3 rings (SSSR count). The number of hydrogen-bond donors (Lipinski definition) is 2. The van der Waals surface area contributed by atoms with Crippen molar-refractivity contribution in [3.05, 3.63) is 30.0 Å². The summed E-state index contributed by atoms with van der Waals surface area (Å²) in [5.41, 5.74) is 4.05. The van der Waals surface area contributed by atoms with Gasteiger partial charge in [-0.25, -0.2) is 4.98 Å². The third-order valence-corrected chi connectivity index (χ3v) is 3.45. The van der Waals surface area contributed by atoms with Crippen LogP contribution in [0.2, 0.25) is 0 Å². The molecule has 1 aliphatic rings. The van der Waals surface area contributed by atoms with Crippen molar-refractivity contribution in [1.29, 1.82) is 0 Å². The standard InChI is InChI=1S/C13H17N5/c1-9-12(7-16-18-9)13-8-15-6-11(17-13)4-10-2-3-14-5-10/h6-8,10,14H,2-5H2,1H3,(H,16,18)/t10-/m1/s1. The highest BCUT2D eigenvalue weighted by molar-refractivity contribution is 5.59. The quantitative estimate of drug-likeness (QED) is 0.853. The summed E-state index contributed by atoms with van der Waals surface area (Å²) in [5, 5.41) is 10.3. The van der Waals surface area contributed by atoms with E-state index >= 15 is 0 Å². The maximum Gasteiger partial charge on any atom is 0.0922 e. The molecule has 1 fully saturated rings. The third kappa shape index (κ3) is 2.26. The molecule has 94 valence electrons. The minimum atomic E-state index is 0.694. The number of aromatic amines is 1. The van der Waals surface area contributed by atoms with Crippen LogP contribution in [0.1, 0.15) is 17.8 Å². The lowest BCUT2D eigenvalue weighted by atomic mass is 10.0. The molecule has 1 saturated heterocycles. The molecule has 0 aromatic carbocycles. The maximum absolute atomic E-state index is 4.69. The molecule has 5 nitrogen and oxygen atoms in total. The molecule has 2 aromatic rings. The predicted molar refractivity (Wildman–Crippen MR) is 69.0 cm³/mol. The van der Waals surface area contributed by atoms with Crippen molar-refractivity contribution in [1.82, 2.24) is 25.5 Å². The summed E-state index contributed by atoms with van der Waals surface area (Å²) in [7, 11) is 0. The highest BCUT2D eigenvalue weighted by atomic mass is 15.1. The van der Waals surface area contributed by atoms with Gasteiger partial charge in [0.05, 0.1) is 23.8 Å². The van der Waals surface area contributed by atoms with Gasteiger partial charge in [-0.3, -0.25) is 10.1 Å². The Bertz CT molecular complexity index is 528. The number of hydrogen-bond acceptors (Lipinski definition) is 4. The number of aryl methyl sites for hydroxylation is 1. The molecule has 2 N–H and O–H groups in total. The first-order chi connectivity index (χ1) is 8.83. The zero-order valence-electron chi connectivity index (χ0n) is 10.5. The molecule has 1 atom stereocenters. The SMILES string of the molecule is Cc1[nH]ncc1-c1cncc(C[C@H]2CCNC2)n1. The highest BCUT2D eigenvalue weighted by Crippen LogP contribution is 2.20. The van der Waals surface area contributed by atoms with E-state index in [1.807, 2.05) is 13.1 Å². The lowest BCUT2D eigenvalue weighted by Crippen LogP contribution is -2.11. The lowest BCUT2D eigenvalue weighted by molar-refractivity contribution is 0.570. The second kappa shape index (κ2) is 4.86. The van der Waals surface area contributed by atoms with Crippen molar-refractivity contribution >= 4 is 0 Å². The number of aromatic nitrogens is 4. The first-order valence-corrected chi connectivity index (χ1v) is 6.35. The summed E-state index contributed by atoms with van der Waals surface area (Å²) in [5.74, 6) is 0.694. The number of H-pyrrole nitrogens is 1. The number of nitrogens with one attached hydrogen (secondary N) is 2. The van der Waals surface area contributed by atoms with Gasteiger partial charge in [0.15, 0.2) is 0 Å². The summed E-state index contributed by atoms with van der Waals surface area (Å²) >= 11 is 0. The van der Waals surface area contributed by atoms with Crippen molar-refractivity contribution in [3.8, 4) is 11.3 Å². The van der Waals surface area contributed by atoms with E-state index in [0.29, 0.717) is 5.92 Å². The summed E-state index contributed by atoms with van der Waals surface area (Å²) in [6.45, 7) is 4.22. The minimum Gasteiger partial charge on any atom is -0.316 e. The maximum atomic E-state index is 4.69. The van der Waals surface area contributed by atoms with Gasteiger partial charge in [0.2, 0.25) is 0 Å². The molecule has 0 amide bonds. The third-order valence-electron chi connectivity index (χ3n) is 3.45. The van der Waals surface area contributed by atoms with Crippen molar-refractivity contribution in [3.63, 3.8) is 0 Å². The smallest absolute Gasteiger partial charge is 0.0922 e. The van der Waals surface area contributed by atoms with Crippen molar-refractivity contribution in [2.24, 2.45) is 5.92 Å². The normalized spacial score (nSPS) is 19.3. The van der Waals surface area contributed by atoms with Crippen LogP contribution in [0.15, 0.2) is 18.6 Å². The Labute approximate surface area is 106 Å². The monoisotopic (exact) mass is 243 g/mol. The Balaban J connectivity index is 1.82. The molecule has 0 saturated carbocycles. The average Bonchev–Trinajstić information content (AvgIpc) is 3.01. The van der Waals surface area contributed by atoms with Crippen LogP contribution in [0.25, 0.3) is 11.3 Å². The van der Waals surface area contributed by atoms with E-state index in [-0.39, 0.29) is 0 Å². The molecule has 1 aliphatic heterocycles. The molecule has 18 heavy (non-hydrogen) atoms. The molecule has 0 radical (unpaired) electrons. The summed E-state index contributed by atoms with van der Waals surface area (Å²) in [4.78, 5) is 8.99.